The maximum Gasteiger partial charge on any atom is 0.312 e. The lowest BCUT2D eigenvalue weighted by Crippen LogP contribution is -2.53. The highest BCUT2D eigenvalue weighted by atomic mass is 16.5. The van der Waals surface area contributed by atoms with Crippen molar-refractivity contribution < 1.29 is 14.3 Å². The van der Waals surface area contributed by atoms with Crippen LogP contribution in [0.4, 0.5) is 5.82 Å². The van der Waals surface area contributed by atoms with Gasteiger partial charge >= 0.3 is 11.8 Å². The van der Waals surface area contributed by atoms with Gasteiger partial charge in [-0.25, -0.2) is 4.98 Å². The van der Waals surface area contributed by atoms with Crippen molar-refractivity contribution in [2.45, 2.75) is 6.42 Å². The highest BCUT2D eigenvalue weighted by Crippen LogP contribution is 2.13. The van der Waals surface area contributed by atoms with Crippen LogP contribution in [0, 0.1) is 0 Å². The molecule has 1 aliphatic heterocycles. The SMILES string of the molecule is COc1cccc(CCNC(=O)C(=O)N2CCN(c3ccccn3)CC2)c1. The van der Waals surface area contributed by atoms with Gasteiger partial charge in [-0.3, -0.25) is 9.59 Å². The van der Waals surface area contributed by atoms with Gasteiger partial charge in [0, 0.05) is 38.9 Å². The van der Waals surface area contributed by atoms with Gasteiger partial charge in [0.15, 0.2) is 0 Å². The minimum absolute atomic E-state index is 0.408. The lowest BCUT2D eigenvalue weighted by Gasteiger charge is -2.35. The summed E-state index contributed by atoms with van der Waals surface area (Å²) in [6.07, 6.45) is 2.40. The molecule has 1 saturated heterocycles. The van der Waals surface area contributed by atoms with Crippen molar-refractivity contribution in [1.82, 2.24) is 15.2 Å². The summed E-state index contributed by atoms with van der Waals surface area (Å²) in [5.41, 5.74) is 1.05. The number of carbonyl (C=O) groups excluding carboxylic acids is 2. The zero-order chi connectivity index (χ0) is 19.1. The van der Waals surface area contributed by atoms with Crippen molar-refractivity contribution in [3.05, 3.63) is 54.2 Å². The molecule has 0 unspecified atom stereocenters. The summed E-state index contributed by atoms with van der Waals surface area (Å²) in [7, 11) is 1.62. The molecule has 27 heavy (non-hydrogen) atoms. The number of ether oxygens (including phenoxy) is 1. The van der Waals surface area contributed by atoms with Gasteiger partial charge < -0.3 is 19.9 Å². The van der Waals surface area contributed by atoms with Gasteiger partial charge in [-0.2, -0.15) is 0 Å². The molecule has 2 aromatic rings. The number of aromatic nitrogens is 1. The van der Waals surface area contributed by atoms with Crippen LogP contribution in [-0.2, 0) is 16.0 Å². The molecule has 0 aliphatic carbocycles. The first-order valence-corrected chi connectivity index (χ1v) is 9.03. The first-order chi connectivity index (χ1) is 13.2. The van der Waals surface area contributed by atoms with Gasteiger partial charge in [0.1, 0.15) is 11.6 Å². The largest absolute Gasteiger partial charge is 0.497 e. The van der Waals surface area contributed by atoms with E-state index in [2.05, 4.69) is 15.2 Å². The molecular formula is C20H24N4O3. The van der Waals surface area contributed by atoms with Crippen LogP contribution in [0.15, 0.2) is 48.7 Å². The highest BCUT2D eigenvalue weighted by Gasteiger charge is 2.26. The average Bonchev–Trinajstić information content (AvgIpc) is 2.74. The summed E-state index contributed by atoms with van der Waals surface area (Å²) < 4.78 is 5.18. The first kappa shape index (κ1) is 18.7. The van der Waals surface area contributed by atoms with Crippen molar-refractivity contribution >= 4 is 17.6 Å². The van der Waals surface area contributed by atoms with Crippen molar-refractivity contribution in [3.8, 4) is 5.75 Å². The minimum atomic E-state index is -0.552. The Bertz CT molecular complexity index is 774. The molecule has 1 N–H and O–H groups in total. The fourth-order valence-corrected chi connectivity index (χ4v) is 3.05. The molecule has 2 heterocycles. The molecule has 0 saturated carbocycles. The lowest BCUT2D eigenvalue weighted by molar-refractivity contribution is -0.146. The number of pyridine rings is 1. The predicted molar refractivity (Wildman–Crippen MR) is 103 cm³/mol. The zero-order valence-corrected chi connectivity index (χ0v) is 15.4. The van der Waals surface area contributed by atoms with Crippen LogP contribution in [-0.4, -0.2) is 61.5 Å². The fraction of sp³-hybridized carbons (Fsp3) is 0.350. The smallest absolute Gasteiger partial charge is 0.312 e. The molecule has 1 aromatic carbocycles. The second kappa shape index (κ2) is 9.02. The second-order valence-electron chi connectivity index (χ2n) is 6.32. The highest BCUT2D eigenvalue weighted by molar-refractivity contribution is 6.35. The third-order valence-electron chi connectivity index (χ3n) is 4.57. The molecule has 7 nitrogen and oxygen atoms in total. The Morgan fingerprint density at radius 3 is 2.63 bits per heavy atom. The van der Waals surface area contributed by atoms with Gasteiger partial charge in [-0.15, -0.1) is 0 Å². The number of nitrogens with one attached hydrogen (secondary N) is 1. The van der Waals surface area contributed by atoms with E-state index in [1.165, 1.54) is 0 Å². The molecule has 0 atom stereocenters. The zero-order valence-electron chi connectivity index (χ0n) is 15.4. The third-order valence-corrected chi connectivity index (χ3v) is 4.57. The molecule has 0 radical (unpaired) electrons. The van der Waals surface area contributed by atoms with E-state index in [-0.39, 0.29) is 0 Å². The van der Waals surface area contributed by atoms with Crippen molar-refractivity contribution in [3.63, 3.8) is 0 Å². The Kier molecular flexibility index (Phi) is 6.25. The maximum atomic E-state index is 12.3. The number of piperazine rings is 1. The number of benzene rings is 1. The van der Waals surface area contributed by atoms with E-state index < -0.39 is 11.8 Å². The van der Waals surface area contributed by atoms with Crippen molar-refractivity contribution in [2.24, 2.45) is 0 Å². The molecule has 1 aromatic heterocycles. The second-order valence-corrected chi connectivity index (χ2v) is 6.32. The fourth-order valence-electron chi connectivity index (χ4n) is 3.05. The topological polar surface area (TPSA) is 74.8 Å². The summed E-state index contributed by atoms with van der Waals surface area (Å²) in [5, 5.41) is 2.71. The third kappa shape index (κ3) is 4.97. The number of rotatable bonds is 5. The minimum Gasteiger partial charge on any atom is -0.497 e. The molecular weight excluding hydrogens is 344 g/mol. The van der Waals surface area contributed by atoms with Crippen molar-refractivity contribution in [1.29, 1.82) is 0 Å². The normalized spacial score (nSPS) is 14.0. The summed E-state index contributed by atoms with van der Waals surface area (Å²) in [6, 6.07) is 13.4. The number of hydrogen-bond donors (Lipinski definition) is 1. The van der Waals surface area contributed by atoms with Crippen LogP contribution in [0.25, 0.3) is 0 Å². The van der Waals surface area contributed by atoms with Gasteiger partial charge in [-0.1, -0.05) is 18.2 Å². The summed E-state index contributed by atoms with van der Waals surface area (Å²) >= 11 is 0. The van der Waals surface area contributed by atoms with Gasteiger partial charge in [0.2, 0.25) is 0 Å². The lowest BCUT2D eigenvalue weighted by atomic mass is 10.1. The monoisotopic (exact) mass is 368 g/mol. The molecule has 1 aliphatic rings. The standard InChI is InChI=1S/C20H24N4O3/c1-27-17-6-4-5-16(15-17)8-10-22-19(25)20(26)24-13-11-23(12-14-24)18-7-2-3-9-21-18/h2-7,9,15H,8,10-14H2,1H3,(H,22,25). The Labute approximate surface area is 158 Å². The van der Waals surface area contributed by atoms with Gasteiger partial charge in [-0.05, 0) is 36.2 Å². The molecule has 1 fully saturated rings. The predicted octanol–water partition coefficient (Wildman–Crippen LogP) is 1.10. The Morgan fingerprint density at radius 2 is 1.93 bits per heavy atom. The molecule has 7 heteroatoms. The summed E-state index contributed by atoms with van der Waals surface area (Å²) in [5.74, 6) is 0.651. The first-order valence-electron chi connectivity index (χ1n) is 9.03. The molecule has 142 valence electrons. The van der Waals surface area contributed by atoms with E-state index in [4.69, 9.17) is 4.74 Å². The quantitative estimate of drug-likeness (QED) is 0.800. The Hall–Kier alpha value is -3.09. The molecule has 0 spiro atoms. The van der Waals surface area contributed by atoms with Crippen LogP contribution in [0.3, 0.4) is 0 Å². The van der Waals surface area contributed by atoms with E-state index in [1.807, 2.05) is 42.5 Å². The molecule has 0 bridgehead atoms. The average molecular weight is 368 g/mol. The van der Waals surface area contributed by atoms with Crippen LogP contribution >= 0.6 is 0 Å². The number of amides is 2. The van der Waals surface area contributed by atoms with E-state index in [1.54, 1.807) is 18.2 Å². The molecule has 3 rings (SSSR count). The van der Waals surface area contributed by atoms with Crippen molar-refractivity contribution in [2.75, 3.05) is 44.7 Å². The van der Waals surface area contributed by atoms with Crippen LogP contribution in [0.1, 0.15) is 5.56 Å². The van der Waals surface area contributed by atoms with E-state index in [0.717, 1.165) is 17.1 Å². The number of carbonyl (C=O) groups is 2. The van der Waals surface area contributed by atoms with Gasteiger partial charge in [0.25, 0.3) is 0 Å². The summed E-state index contributed by atoms with van der Waals surface area (Å²) in [4.78, 5) is 32.5. The van der Waals surface area contributed by atoms with Crippen LogP contribution < -0.4 is 15.0 Å². The van der Waals surface area contributed by atoms with E-state index in [9.17, 15) is 9.59 Å². The number of nitrogens with zero attached hydrogens (tertiary/aromatic N) is 3. The Morgan fingerprint density at radius 1 is 1.11 bits per heavy atom. The van der Waals surface area contributed by atoms with E-state index in [0.29, 0.717) is 39.1 Å². The van der Waals surface area contributed by atoms with Crippen LogP contribution in [0.2, 0.25) is 0 Å². The number of anilines is 1. The summed E-state index contributed by atoms with van der Waals surface area (Å²) in [6.45, 7) is 2.77. The number of methoxy groups -OCH3 is 1. The Balaban J connectivity index is 1.43. The maximum absolute atomic E-state index is 12.3. The van der Waals surface area contributed by atoms with Crippen LogP contribution in [0.5, 0.6) is 5.75 Å². The number of hydrogen-bond acceptors (Lipinski definition) is 5. The van der Waals surface area contributed by atoms with Gasteiger partial charge in [0.05, 0.1) is 7.11 Å². The molecule has 2 amide bonds. The van der Waals surface area contributed by atoms with E-state index >= 15 is 0 Å².